The normalized spacial score (nSPS) is 27.5. The number of fused-ring (bicyclic) bond motifs is 1. The molecule has 25 heavy (non-hydrogen) atoms. The molecule has 138 valence electrons. The molecule has 3 nitrogen and oxygen atoms in total. The van der Waals surface area contributed by atoms with Crippen molar-refractivity contribution in [2.24, 2.45) is 17.8 Å². The second kappa shape index (κ2) is 7.86. The molecule has 2 aliphatic rings. The molecule has 0 spiro atoms. The highest BCUT2D eigenvalue weighted by Gasteiger charge is 2.37. The van der Waals surface area contributed by atoms with Crippen molar-refractivity contribution in [3.05, 3.63) is 34.6 Å². The topological polar surface area (TPSA) is 46.5 Å². The molecule has 1 aliphatic heterocycles. The number of carbonyl (C=O) groups is 1. The second-order valence-electron chi connectivity index (χ2n) is 7.81. The third-order valence-electron chi connectivity index (χ3n) is 6.28. The molecule has 1 aromatic carbocycles. The molecule has 4 heteroatoms. The molecular weight excluding hydrogens is 319 g/mol. The average Bonchev–Trinajstić information content (AvgIpc) is 2.62. The molecular formula is C21H29FO3. The summed E-state index contributed by atoms with van der Waals surface area (Å²) < 4.78 is 20.0. The van der Waals surface area contributed by atoms with Crippen molar-refractivity contribution in [2.75, 3.05) is 0 Å². The maximum atomic E-state index is 14.3. The largest absolute Gasteiger partial charge is 0.458 e. The van der Waals surface area contributed by atoms with Gasteiger partial charge in [0.05, 0.1) is 12.2 Å². The maximum Gasteiger partial charge on any atom is 0.341 e. The monoisotopic (exact) mass is 348 g/mol. The van der Waals surface area contributed by atoms with Crippen LogP contribution in [0.2, 0.25) is 0 Å². The van der Waals surface area contributed by atoms with E-state index in [2.05, 4.69) is 13.8 Å². The Morgan fingerprint density at radius 3 is 2.64 bits per heavy atom. The molecule has 1 saturated carbocycles. The average molecular weight is 348 g/mol. The fourth-order valence-electron chi connectivity index (χ4n) is 4.63. The van der Waals surface area contributed by atoms with Gasteiger partial charge in [-0.15, -0.1) is 0 Å². The highest BCUT2D eigenvalue weighted by Crippen LogP contribution is 2.39. The molecule has 0 saturated heterocycles. The van der Waals surface area contributed by atoms with E-state index in [1.54, 1.807) is 12.1 Å². The van der Waals surface area contributed by atoms with Crippen LogP contribution in [-0.4, -0.2) is 17.2 Å². The van der Waals surface area contributed by atoms with E-state index in [9.17, 15) is 14.3 Å². The molecule has 1 aromatic rings. The highest BCUT2D eigenvalue weighted by molar-refractivity contribution is 5.92. The van der Waals surface area contributed by atoms with Gasteiger partial charge in [0.2, 0.25) is 0 Å². The number of rotatable bonds is 5. The first-order valence-corrected chi connectivity index (χ1v) is 9.67. The summed E-state index contributed by atoms with van der Waals surface area (Å²) in [6, 6.07) is 3.34. The highest BCUT2D eigenvalue weighted by atomic mass is 19.1. The van der Waals surface area contributed by atoms with Crippen LogP contribution in [0, 0.1) is 23.6 Å². The molecule has 0 aromatic heterocycles. The quantitative estimate of drug-likeness (QED) is 0.789. The third-order valence-corrected chi connectivity index (χ3v) is 6.28. The molecule has 1 N–H and O–H groups in total. The van der Waals surface area contributed by atoms with Gasteiger partial charge in [-0.1, -0.05) is 51.7 Å². The van der Waals surface area contributed by atoms with Crippen LogP contribution in [-0.2, 0) is 17.8 Å². The van der Waals surface area contributed by atoms with Crippen molar-refractivity contribution >= 4 is 5.97 Å². The molecule has 1 heterocycles. The van der Waals surface area contributed by atoms with Crippen molar-refractivity contribution in [1.29, 1.82) is 0 Å². The van der Waals surface area contributed by atoms with Gasteiger partial charge in [0.25, 0.3) is 0 Å². The van der Waals surface area contributed by atoms with E-state index in [1.165, 1.54) is 38.5 Å². The van der Waals surface area contributed by atoms with Crippen molar-refractivity contribution in [1.82, 2.24) is 0 Å². The van der Waals surface area contributed by atoms with Crippen LogP contribution in [0.25, 0.3) is 0 Å². The number of carbonyl (C=O) groups excluding carboxylic acids is 1. The fourth-order valence-corrected chi connectivity index (χ4v) is 4.63. The lowest BCUT2D eigenvalue weighted by molar-refractivity contribution is -0.00416. The van der Waals surface area contributed by atoms with Gasteiger partial charge in [0.1, 0.15) is 11.9 Å². The molecule has 2 atom stereocenters. The van der Waals surface area contributed by atoms with Gasteiger partial charge >= 0.3 is 5.97 Å². The van der Waals surface area contributed by atoms with E-state index in [0.29, 0.717) is 23.8 Å². The minimum Gasteiger partial charge on any atom is -0.458 e. The second-order valence-corrected chi connectivity index (χ2v) is 7.81. The predicted octanol–water partition coefficient (Wildman–Crippen LogP) is 4.64. The van der Waals surface area contributed by atoms with Crippen molar-refractivity contribution in [2.45, 2.75) is 71.5 Å². The minimum atomic E-state index is -0.629. The van der Waals surface area contributed by atoms with Crippen LogP contribution in [0.1, 0.15) is 73.9 Å². The van der Waals surface area contributed by atoms with Gasteiger partial charge in [-0.2, -0.15) is 0 Å². The molecule has 0 amide bonds. The summed E-state index contributed by atoms with van der Waals surface area (Å²) in [7, 11) is 0. The summed E-state index contributed by atoms with van der Waals surface area (Å²) in [5, 5.41) is 9.18. The standard InChI is InChI=1S/C21H29FO3/c1-3-4-14-5-7-15(8-6-14)13(2)18-11-16-9-10-17(12-23)20(22)19(16)21(24)25-18/h9-10,13-15,18,23H,3-8,11-12H2,1-2H3. The molecule has 0 radical (unpaired) electrons. The lowest BCUT2D eigenvalue weighted by atomic mass is 9.72. The van der Waals surface area contributed by atoms with E-state index in [-0.39, 0.29) is 17.2 Å². The Morgan fingerprint density at radius 2 is 2.00 bits per heavy atom. The summed E-state index contributed by atoms with van der Waals surface area (Å²) in [6.07, 6.45) is 7.91. The predicted molar refractivity (Wildman–Crippen MR) is 94.8 cm³/mol. The summed E-state index contributed by atoms with van der Waals surface area (Å²) >= 11 is 0. The SMILES string of the molecule is CCCC1CCC(C(C)C2Cc3ccc(CO)c(F)c3C(=O)O2)CC1. The number of aliphatic hydroxyl groups excluding tert-OH is 1. The smallest absolute Gasteiger partial charge is 0.341 e. The van der Waals surface area contributed by atoms with Crippen LogP contribution in [0.5, 0.6) is 0 Å². The zero-order chi connectivity index (χ0) is 18.0. The zero-order valence-corrected chi connectivity index (χ0v) is 15.3. The number of hydrogen-bond donors (Lipinski definition) is 1. The number of aliphatic hydroxyl groups is 1. The Labute approximate surface area is 149 Å². The zero-order valence-electron chi connectivity index (χ0n) is 15.3. The first kappa shape index (κ1) is 18.4. The maximum absolute atomic E-state index is 14.3. The van der Waals surface area contributed by atoms with Gasteiger partial charge in [-0.3, -0.25) is 0 Å². The molecule has 1 aliphatic carbocycles. The minimum absolute atomic E-state index is 0.0154. The molecule has 1 fully saturated rings. The van der Waals surface area contributed by atoms with Crippen molar-refractivity contribution < 1.29 is 19.0 Å². The van der Waals surface area contributed by atoms with Crippen LogP contribution in [0.15, 0.2) is 12.1 Å². The summed E-state index contributed by atoms with van der Waals surface area (Å²) in [5.74, 6) is 0.519. The third kappa shape index (κ3) is 3.74. The van der Waals surface area contributed by atoms with Gasteiger partial charge in [0, 0.05) is 12.0 Å². The van der Waals surface area contributed by atoms with Crippen LogP contribution in [0.3, 0.4) is 0 Å². The van der Waals surface area contributed by atoms with E-state index < -0.39 is 18.4 Å². The number of cyclic esters (lactones) is 1. The van der Waals surface area contributed by atoms with E-state index in [1.807, 2.05) is 0 Å². The van der Waals surface area contributed by atoms with Crippen LogP contribution >= 0.6 is 0 Å². The lowest BCUT2D eigenvalue weighted by Crippen LogP contribution is -2.37. The van der Waals surface area contributed by atoms with Crippen molar-refractivity contribution in [3.63, 3.8) is 0 Å². The van der Waals surface area contributed by atoms with Crippen LogP contribution < -0.4 is 0 Å². The van der Waals surface area contributed by atoms with Gasteiger partial charge in [0.15, 0.2) is 0 Å². The van der Waals surface area contributed by atoms with Crippen molar-refractivity contribution in [3.8, 4) is 0 Å². The molecule has 3 rings (SSSR count). The Balaban J connectivity index is 1.69. The van der Waals surface area contributed by atoms with Gasteiger partial charge in [-0.05, 0) is 36.2 Å². The Kier molecular flexibility index (Phi) is 5.78. The first-order chi connectivity index (χ1) is 12.0. The van der Waals surface area contributed by atoms with Crippen LogP contribution in [0.4, 0.5) is 4.39 Å². The fraction of sp³-hybridized carbons (Fsp3) is 0.667. The number of hydrogen-bond acceptors (Lipinski definition) is 3. The van der Waals surface area contributed by atoms with E-state index in [4.69, 9.17) is 4.74 Å². The Hall–Kier alpha value is -1.42. The Morgan fingerprint density at radius 1 is 1.28 bits per heavy atom. The summed E-state index contributed by atoms with van der Waals surface area (Å²) in [6.45, 7) is 4.01. The van der Waals surface area contributed by atoms with E-state index in [0.717, 1.165) is 5.92 Å². The molecule has 2 unspecified atom stereocenters. The van der Waals surface area contributed by atoms with E-state index >= 15 is 0 Å². The number of ether oxygens (including phenoxy) is 1. The Bertz CT molecular complexity index is 620. The van der Waals surface area contributed by atoms with Gasteiger partial charge < -0.3 is 9.84 Å². The summed E-state index contributed by atoms with van der Waals surface area (Å²) in [4.78, 5) is 12.4. The first-order valence-electron chi connectivity index (χ1n) is 9.67. The molecule has 0 bridgehead atoms. The van der Waals surface area contributed by atoms with Gasteiger partial charge in [-0.25, -0.2) is 9.18 Å². The number of esters is 1. The summed E-state index contributed by atoms with van der Waals surface area (Å²) in [5.41, 5.74) is 0.876. The lowest BCUT2D eigenvalue weighted by Gasteiger charge is -2.37. The number of halogens is 1. The number of benzene rings is 1.